The van der Waals surface area contributed by atoms with Gasteiger partial charge in [0.15, 0.2) is 0 Å². The van der Waals surface area contributed by atoms with Crippen molar-refractivity contribution in [3.05, 3.63) is 59.4 Å². The fourth-order valence-electron chi connectivity index (χ4n) is 2.14. The second-order valence-electron chi connectivity index (χ2n) is 5.21. The second kappa shape index (κ2) is 6.27. The van der Waals surface area contributed by atoms with Gasteiger partial charge >= 0.3 is 0 Å². The normalized spacial score (nSPS) is 11.6. The molecule has 1 atom stereocenters. The van der Waals surface area contributed by atoms with E-state index in [1.54, 1.807) is 0 Å². The standard InChI is InChI=1S/C17H18FN3/c1-12-8-14(18)10-15(9-12)20-17(11-19)13-4-6-16(7-5-13)21(2)3/h4-10,17,20H,1-3H3. The Balaban J connectivity index is 2.22. The van der Waals surface area contributed by atoms with E-state index in [9.17, 15) is 9.65 Å². The minimum absolute atomic E-state index is 0.308. The molecule has 1 unspecified atom stereocenters. The Morgan fingerprint density at radius 1 is 1.14 bits per heavy atom. The van der Waals surface area contributed by atoms with Crippen molar-refractivity contribution in [2.75, 3.05) is 24.3 Å². The molecule has 0 aliphatic heterocycles. The molecular weight excluding hydrogens is 265 g/mol. The quantitative estimate of drug-likeness (QED) is 0.925. The highest BCUT2D eigenvalue weighted by Gasteiger charge is 2.11. The van der Waals surface area contributed by atoms with Crippen molar-refractivity contribution in [2.45, 2.75) is 13.0 Å². The number of anilines is 2. The molecule has 0 bridgehead atoms. The van der Waals surface area contributed by atoms with Crippen LogP contribution in [0.5, 0.6) is 0 Å². The zero-order valence-electron chi connectivity index (χ0n) is 12.4. The molecule has 21 heavy (non-hydrogen) atoms. The molecule has 0 saturated heterocycles. The summed E-state index contributed by atoms with van der Waals surface area (Å²) in [6.45, 7) is 1.82. The van der Waals surface area contributed by atoms with E-state index in [0.29, 0.717) is 5.69 Å². The van der Waals surface area contributed by atoms with Crippen LogP contribution >= 0.6 is 0 Å². The molecule has 2 rings (SSSR count). The van der Waals surface area contributed by atoms with Crippen molar-refractivity contribution in [3.8, 4) is 6.07 Å². The third-order valence-electron chi connectivity index (χ3n) is 3.23. The number of benzene rings is 2. The summed E-state index contributed by atoms with van der Waals surface area (Å²) in [7, 11) is 3.93. The molecular formula is C17H18FN3. The van der Waals surface area contributed by atoms with Crippen molar-refractivity contribution in [3.63, 3.8) is 0 Å². The Labute approximate surface area is 124 Å². The third-order valence-corrected chi connectivity index (χ3v) is 3.23. The molecule has 0 radical (unpaired) electrons. The van der Waals surface area contributed by atoms with Gasteiger partial charge in [0.25, 0.3) is 0 Å². The van der Waals surface area contributed by atoms with E-state index in [4.69, 9.17) is 0 Å². The second-order valence-corrected chi connectivity index (χ2v) is 5.21. The number of nitrogens with zero attached hydrogens (tertiary/aromatic N) is 2. The van der Waals surface area contributed by atoms with Crippen molar-refractivity contribution >= 4 is 11.4 Å². The summed E-state index contributed by atoms with van der Waals surface area (Å²) in [5.74, 6) is -0.308. The number of rotatable bonds is 4. The summed E-state index contributed by atoms with van der Waals surface area (Å²) in [6, 6.07) is 14.1. The number of hydrogen-bond donors (Lipinski definition) is 1. The van der Waals surface area contributed by atoms with E-state index in [2.05, 4.69) is 11.4 Å². The molecule has 1 N–H and O–H groups in total. The van der Waals surface area contributed by atoms with E-state index in [-0.39, 0.29) is 5.82 Å². The maximum absolute atomic E-state index is 13.4. The first-order valence-corrected chi connectivity index (χ1v) is 6.70. The van der Waals surface area contributed by atoms with Crippen LogP contribution in [0.15, 0.2) is 42.5 Å². The van der Waals surface area contributed by atoms with Crippen LogP contribution in [0, 0.1) is 24.1 Å². The molecule has 0 aromatic heterocycles. The van der Waals surface area contributed by atoms with E-state index < -0.39 is 6.04 Å². The summed E-state index contributed by atoms with van der Waals surface area (Å²) in [4.78, 5) is 1.99. The molecule has 3 nitrogen and oxygen atoms in total. The smallest absolute Gasteiger partial charge is 0.140 e. The maximum atomic E-state index is 13.4. The molecule has 0 saturated carbocycles. The van der Waals surface area contributed by atoms with Gasteiger partial charge in [-0.2, -0.15) is 5.26 Å². The van der Waals surface area contributed by atoms with Gasteiger partial charge in [-0.15, -0.1) is 0 Å². The molecule has 0 spiro atoms. The number of hydrogen-bond acceptors (Lipinski definition) is 3. The van der Waals surface area contributed by atoms with Crippen molar-refractivity contribution in [2.24, 2.45) is 0 Å². The Hall–Kier alpha value is -2.54. The highest BCUT2D eigenvalue weighted by atomic mass is 19.1. The number of halogens is 1. The van der Waals surface area contributed by atoms with Crippen LogP contribution in [0.4, 0.5) is 15.8 Å². The van der Waals surface area contributed by atoms with Gasteiger partial charge in [-0.25, -0.2) is 4.39 Å². The molecule has 0 aliphatic rings. The predicted molar refractivity (Wildman–Crippen MR) is 83.9 cm³/mol. The minimum atomic E-state index is -0.512. The number of nitrogens with one attached hydrogen (secondary N) is 1. The zero-order valence-corrected chi connectivity index (χ0v) is 12.4. The fraction of sp³-hybridized carbons (Fsp3) is 0.235. The topological polar surface area (TPSA) is 39.1 Å². The first-order chi connectivity index (χ1) is 9.99. The molecule has 2 aromatic rings. The molecule has 0 heterocycles. The summed E-state index contributed by atoms with van der Waals surface area (Å²) in [5, 5.41) is 12.4. The van der Waals surface area contributed by atoms with Crippen LogP contribution in [0.3, 0.4) is 0 Å². The van der Waals surface area contributed by atoms with Gasteiger partial charge in [0.05, 0.1) is 6.07 Å². The van der Waals surface area contributed by atoms with Crippen LogP contribution < -0.4 is 10.2 Å². The van der Waals surface area contributed by atoms with Gasteiger partial charge < -0.3 is 10.2 Å². The predicted octanol–water partition coefficient (Wildman–Crippen LogP) is 3.88. The van der Waals surface area contributed by atoms with Gasteiger partial charge in [-0.3, -0.25) is 0 Å². The third kappa shape index (κ3) is 3.73. The Kier molecular flexibility index (Phi) is 4.44. The lowest BCUT2D eigenvalue weighted by atomic mass is 10.1. The van der Waals surface area contributed by atoms with Crippen molar-refractivity contribution in [1.82, 2.24) is 0 Å². The molecule has 0 aliphatic carbocycles. The van der Waals surface area contributed by atoms with Crippen LogP contribution in [0.25, 0.3) is 0 Å². The summed E-state index contributed by atoms with van der Waals surface area (Å²) >= 11 is 0. The highest BCUT2D eigenvalue weighted by Crippen LogP contribution is 2.23. The van der Waals surface area contributed by atoms with Gasteiger partial charge in [-0.05, 0) is 48.4 Å². The van der Waals surface area contributed by atoms with Crippen LogP contribution in [0.1, 0.15) is 17.2 Å². The Morgan fingerprint density at radius 3 is 2.33 bits per heavy atom. The van der Waals surface area contributed by atoms with Crippen LogP contribution in [0.2, 0.25) is 0 Å². The Bertz CT molecular complexity index is 636. The molecule has 2 aromatic carbocycles. The molecule has 108 valence electrons. The molecule has 4 heteroatoms. The first kappa shape index (κ1) is 14.9. The average Bonchev–Trinajstić information content (AvgIpc) is 2.44. The largest absolute Gasteiger partial charge is 0.378 e. The van der Waals surface area contributed by atoms with Gasteiger partial charge in [-0.1, -0.05) is 12.1 Å². The summed E-state index contributed by atoms with van der Waals surface area (Å²) in [5.41, 5.74) is 3.34. The maximum Gasteiger partial charge on any atom is 0.140 e. The van der Waals surface area contributed by atoms with E-state index in [0.717, 1.165) is 16.8 Å². The van der Waals surface area contributed by atoms with Gasteiger partial charge in [0.1, 0.15) is 11.9 Å². The number of aryl methyl sites for hydroxylation is 1. The average molecular weight is 283 g/mol. The van der Waals surface area contributed by atoms with E-state index >= 15 is 0 Å². The zero-order chi connectivity index (χ0) is 15.4. The van der Waals surface area contributed by atoms with Crippen molar-refractivity contribution in [1.29, 1.82) is 5.26 Å². The van der Waals surface area contributed by atoms with Gasteiger partial charge in [0, 0.05) is 25.5 Å². The monoisotopic (exact) mass is 283 g/mol. The van der Waals surface area contributed by atoms with Gasteiger partial charge in [0.2, 0.25) is 0 Å². The first-order valence-electron chi connectivity index (χ1n) is 6.70. The summed E-state index contributed by atoms with van der Waals surface area (Å²) < 4.78 is 13.4. The van der Waals surface area contributed by atoms with E-state index in [1.165, 1.54) is 12.1 Å². The molecule has 0 amide bonds. The fourth-order valence-corrected chi connectivity index (χ4v) is 2.14. The lowest BCUT2D eigenvalue weighted by Crippen LogP contribution is -2.11. The minimum Gasteiger partial charge on any atom is -0.378 e. The highest BCUT2D eigenvalue weighted by molar-refractivity contribution is 5.52. The lowest BCUT2D eigenvalue weighted by molar-refractivity contribution is 0.627. The SMILES string of the molecule is Cc1cc(F)cc(NC(C#N)c2ccc(N(C)C)cc2)c1. The van der Waals surface area contributed by atoms with Crippen molar-refractivity contribution < 1.29 is 4.39 Å². The number of nitriles is 1. The lowest BCUT2D eigenvalue weighted by Gasteiger charge is -2.16. The summed E-state index contributed by atoms with van der Waals surface area (Å²) in [6.07, 6.45) is 0. The Morgan fingerprint density at radius 2 is 1.81 bits per heavy atom. The molecule has 0 fully saturated rings. The van der Waals surface area contributed by atoms with Crippen LogP contribution in [-0.2, 0) is 0 Å². The van der Waals surface area contributed by atoms with Crippen LogP contribution in [-0.4, -0.2) is 14.1 Å². The van der Waals surface area contributed by atoms with E-state index in [1.807, 2.05) is 56.3 Å².